The van der Waals surface area contributed by atoms with E-state index in [-0.39, 0.29) is 24.3 Å². The fraction of sp³-hybridized carbons (Fsp3) is 0.321. The normalized spacial score (nSPS) is 12.7. The minimum atomic E-state index is -0.750. The van der Waals surface area contributed by atoms with Gasteiger partial charge in [-0.1, -0.05) is 48.5 Å². The zero-order valence-corrected chi connectivity index (χ0v) is 20.2. The van der Waals surface area contributed by atoms with Crippen LogP contribution in [0.5, 0.6) is 11.5 Å². The summed E-state index contributed by atoms with van der Waals surface area (Å²) < 4.78 is 5.32. The first kappa shape index (κ1) is 26.2. The first-order valence-corrected chi connectivity index (χ1v) is 11.7. The van der Waals surface area contributed by atoms with Gasteiger partial charge >= 0.3 is 0 Å². The predicted octanol–water partition coefficient (Wildman–Crippen LogP) is 3.01. The molecule has 0 aliphatic carbocycles. The van der Waals surface area contributed by atoms with E-state index in [2.05, 4.69) is 10.6 Å². The van der Waals surface area contributed by atoms with Crippen LogP contribution in [0.2, 0.25) is 0 Å². The van der Waals surface area contributed by atoms with Crippen molar-refractivity contribution in [2.75, 3.05) is 13.7 Å². The Kier molecular flexibility index (Phi) is 9.66. The summed E-state index contributed by atoms with van der Waals surface area (Å²) in [6.07, 6.45) is 0.322. The highest BCUT2D eigenvalue weighted by molar-refractivity contribution is 5.78. The third kappa shape index (κ3) is 7.82. The molecule has 186 valence electrons. The van der Waals surface area contributed by atoms with Crippen molar-refractivity contribution in [2.24, 2.45) is 0 Å². The van der Waals surface area contributed by atoms with Crippen molar-refractivity contribution in [3.05, 3.63) is 94.5 Å². The van der Waals surface area contributed by atoms with Gasteiger partial charge in [-0.15, -0.1) is 0 Å². The fourth-order valence-electron chi connectivity index (χ4n) is 3.88. The average molecular weight is 479 g/mol. The molecule has 0 aliphatic rings. The van der Waals surface area contributed by atoms with E-state index in [1.165, 1.54) is 6.07 Å². The van der Waals surface area contributed by atoms with Crippen LogP contribution >= 0.6 is 0 Å². The number of aliphatic hydroxyl groups excluding tert-OH is 2. The summed E-state index contributed by atoms with van der Waals surface area (Å²) in [7, 11) is 1.62. The van der Waals surface area contributed by atoms with E-state index in [4.69, 9.17) is 4.74 Å². The number of carbonyl (C=O) groups excluding carboxylic acids is 1. The van der Waals surface area contributed by atoms with Gasteiger partial charge in [-0.2, -0.15) is 0 Å². The minimum Gasteiger partial charge on any atom is -0.508 e. The predicted molar refractivity (Wildman–Crippen MR) is 135 cm³/mol. The molecule has 0 saturated carbocycles. The van der Waals surface area contributed by atoms with Crippen LogP contribution in [0.25, 0.3) is 0 Å². The van der Waals surface area contributed by atoms with Crippen molar-refractivity contribution < 1.29 is 24.9 Å². The molecule has 0 spiro atoms. The summed E-state index contributed by atoms with van der Waals surface area (Å²) in [6, 6.07) is 20.4. The number of nitrogens with one attached hydrogen (secondary N) is 2. The van der Waals surface area contributed by atoms with Crippen LogP contribution < -0.4 is 15.4 Å². The highest BCUT2D eigenvalue weighted by Crippen LogP contribution is 2.22. The van der Waals surface area contributed by atoms with Gasteiger partial charge in [-0.3, -0.25) is 4.79 Å². The maximum Gasteiger partial charge on any atom is 0.224 e. The quantitative estimate of drug-likeness (QED) is 0.274. The van der Waals surface area contributed by atoms with Crippen molar-refractivity contribution in [2.45, 2.75) is 45.1 Å². The lowest BCUT2D eigenvalue weighted by Crippen LogP contribution is -2.32. The van der Waals surface area contributed by atoms with E-state index in [0.717, 1.165) is 28.9 Å². The third-order valence-electron chi connectivity index (χ3n) is 5.92. The third-order valence-corrected chi connectivity index (χ3v) is 5.92. The number of aromatic hydroxyl groups is 1. The number of aliphatic hydroxyl groups is 2. The topological polar surface area (TPSA) is 111 Å². The number of hydrogen-bond acceptors (Lipinski definition) is 6. The second-order valence-corrected chi connectivity index (χ2v) is 8.66. The molecule has 7 heteroatoms. The number of benzene rings is 3. The number of rotatable bonds is 12. The van der Waals surface area contributed by atoms with Gasteiger partial charge in [0.25, 0.3) is 0 Å². The van der Waals surface area contributed by atoms with Crippen molar-refractivity contribution in [1.82, 2.24) is 10.6 Å². The van der Waals surface area contributed by atoms with Crippen molar-refractivity contribution in [1.29, 1.82) is 0 Å². The summed E-state index contributed by atoms with van der Waals surface area (Å²) >= 11 is 0. The Morgan fingerprint density at radius 2 is 1.71 bits per heavy atom. The molecule has 0 aromatic heterocycles. The van der Waals surface area contributed by atoms with Gasteiger partial charge in [0, 0.05) is 30.3 Å². The second kappa shape index (κ2) is 12.9. The Morgan fingerprint density at radius 1 is 1.00 bits per heavy atom. The molecular formula is C28H34N2O5. The van der Waals surface area contributed by atoms with Gasteiger partial charge < -0.3 is 30.7 Å². The zero-order chi connectivity index (χ0) is 25.2. The maximum absolute atomic E-state index is 12.4. The lowest BCUT2D eigenvalue weighted by molar-refractivity contribution is -0.120. The zero-order valence-electron chi connectivity index (χ0n) is 20.2. The molecule has 2 atom stereocenters. The lowest BCUT2D eigenvalue weighted by Gasteiger charge is -2.18. The largest absolute Gasteiger partial charge is 0.508 e. The molecular weight excluding hydrogens is 444 g/mol. The highest BCUT2D eigenvalue weighted by Gasteiger charge is 2.13. The Labute approximate surface area is 206 Å². The second-order valence-electron chi connectivity index (χ2n) is 8.66. The number of hydrogen-bond donors (Lipinski definition) is 5. The van der Waals surface area contributed by atoms with E-state index < -0.39 is 6.10 Å². The monoisotopic (exact) mass is 478 g/mol. The van der Waals surface area contributed by atoms with E-state index in [9.17, 15) is 20.1 Å². The Balaban J connectivity index is 1.44. The molecule has 1 unspecified atom stereocenters. The molecule has 3 aromatic rings. The molecule has 0 bridgehead atoms. The fourth-order valence-corrected chi connectivity index (χ4v) is 3.88. The van der Waals surface area contributed by atoms with Gasteiger partial charge in [0.05, 0.1) is 26.2 Å². The minimum absolute atomic E-state index is 0.0159. The Morgan fingerprint density at radius 3 is 2.43 bits per heavy atom. The number of phenols is 1. The first-order valence-electron chi connectivity index (χ1n) is 11.7. The molecule has 0 saturated heterocycles. The van der Waals surface area contributed by atoms with Crippen LogP contribution in [0.4, 0.5) is 0 Å². The molecule has 0 aliphatic heterocycles. The summed E-state index contributed by atoms with van der Waals surface area (Å²) in [5.74, 6) is 0.721. The van der Waals surface area contributed by atoms with Crippen LogP contribution in [0, 0.1) is 0 Å². The number of carbonyl (C=O) groups is 1. The van der Waals surface area contributed by atoms with Crippen LogP contribution in [0.3, 0.4) is 0 Å². The first-order chi connectivity index (χ1) is 16.9. The Hall–Kier alpha value is -3.39. The summed E-state index contributed by atoms with van der Waals surface area (Å²) in [5, 5.41) is 35.7. The molecule has 0 radical (unpaired) electrons. The van der Waals surface area contributed by atoms with Crippen LogP contribution in [0.1, 0.15) is 40.8 Å². The van der Waals surface area contributed by atoms with Gasteiger partial charge in [-0.25, -0.2) is 0 Å². The molecule has 35 heavy (non-hydrogen) atoms. The molecule has 1 amide bonds. The summed E-state index contributed by atoms with van der Waals surface area (Å²) in [5.41, 5.74) is 4.03. The van der Waals surface area contributed by atoms with Gasteiger partial charge in [0.1, 0.15) is 11.5 Å². The maximum atomic E-state index is 12.4. The number of para-hydroxylation sites is 1. The molecule has 7 nitrogen and oxygen atoms in total. The highest BCUT2D eigenvalue weighted by atomic mass is 16.5. The summed E-state index contributed by atoms with van der Waals surface area (Å²) in [4.78, 5) is 12.4. The number of methoxy groups -OCH3 is 1. The average Bonchev–Trinajstić information content (AvgIpc) is 2.87. The van der Waals surface area contributed by atoms with Crippen LogP contribution in [0.15, 0.2) is 66.7 Å². The van der Waals surface area contributed by atoms with Gasteiger partial charge in [0.15, 0.2) is 0 Å². The lowest BCUT2D eigenvalue weighted by atomic mass is 10.0. The molecule has 3 aromatic carbocycles. The van der Waals surface area contributed by atoms with E-state index in [1.807, 2.05) is 55.5 Å². The van der Waals surface area contributed by atoms with E-state index >= 15 is 0 Å². The van der Waals surface area contributed by atoms with E-state index in [0.29, 0.717) is 30.6 Å². The molecule has 5 N–H and O–H groups in total. The van der Waals surface area contributed by atoms with Crippen molar-refractivity contribution in [3.63, 3.8) is 0 Å². The van der Waals surface area contributed by atoms with Crippen LogP contribution in [-0.4, -0.2) is 40.9 Å². The standard InChI is InChI=1S/C28H34N2O5/c1-19(29-17-26(33)22-11-12-25(32)24(15-22)18-31)13-20-7-9-21(10-8-20)14-28(34)30-16-23-5-3-4-6-27(23)35-2/h3-12,15,19,26,29,31-33H,13-14,16-18H2,1-2H3,(H,30,34)/t19?,26-/m0/s1. The van der Waals surface area contributed by atoms with E-state index in [1.54, 1.807) is 19.2 Å². The number of amides is 1. The Bertz CT molecular complexity index is 1100. The number of ether oxygens (including phenoxy) is 1. The van der Waals surface area contributed by atoms with Crippen molar-refractivity contribution in [3.8, 4) is 11.5 Å². The van der Waals surface area contributed by atoms with Crippen LogP contribution in [-0.2, 0) is 30.8 Å². The van der Waals surface area contributed by atoms with Gasteiger partial charge in [0.2, 0.25) is 5.91 Å². The van der Waals surface area contributed by atoms with Gasteiger partial charge in [-0.05, 0) is 48.2 Å². The molecule has 0 fully saturated rings. The smallest absolute Gasteiger partial charge is 0.224 e. The molecule has 0 heterocycles. The summed E-state index contributed by atoms with van der Waals surface area (Å²) in [6.45, 7) is 2.53. The molecule has 3 rings (SSSR count). The SMILES string of the molecule is COc1ccccc1CNC(=O)Cc1ccc(CC(C)NC[C@H](O)c2ccc(O)c(CO)c2)cc1. The van der Waals surface area contributed by atoms with Crippen molar-refractivity contribution >= 4 is 5.91 Å².